The molecule has 1 unspecified atom stereocenters. The SMILES string of the molecule is COc1ccc(C2CC(C)(C)n3nc(C)c(C(=O)O)c3N2)cc1. The first-order valence-electron chi connectivity index (χ1n) is 7.57. The van der Waals surface area contributed by atoms with E-state index in [-0.39, 0.29) is 17.1 Å². The largest absolute Gasteiger partial charge is 0.497 e. The molecule has 0 spiro atoms. The van der Waals surface area contributed by atoms with Gasteiger partial charge >= 0.3 is 5.97 Å². The predicted octanol–water partition coefficient (Wildman–Crippen LogP) is 3.19. The van der Waals surface area contributed by atoms with Gasteiger partial charge in [0.05, 0.1) is 24.4 Å². The predicted molar refractivity (Wildman–Crippen MR) is 87.2 cm³/mol. The summed E-state index contributed by atoms with van der Waals surface area (Å²) in [4.78, 5) is 11.6. The lowest BCUT2D eigenvalue weighted by molar-refractivity contribution is 0.0696. The molecule has 1 aromatic heterocycles. The van der Waals surface area contributed by atoms with Crippen LogP contribution in [-0.4, -0.2) is 28.0 Å². The molecule has 1 aliphatic heterocycles. The highest BCUT2D eigenvalue weighted by Crippen LogP contribution is 2.41. The van der Waals surface area contributed by atoms with E-state index in [2.05, 4.69) is 24.3 Å². The summed E-state index contributed by atoms with van der Waals surface area (Å²) in [5, 5.41) is 17.3. The number of fused-ring (bicyclic) bond motifs is 1. The normalized spacial score (nSPS) is 18.9. The zero-order valence-electron chi connectivity index (χ0n) is 13.8. The number of nitrogens with zero attached hydrogens (tertiary/aromatic N) is 2. The first-order chi connectivity index (χ1) is 10.8. The number of aryl methyl sites for hydroxylation is 1. The van der Waals surface area contributed by atoms with E-state index in [1.54, 1.807) is 18.7 Å². The molecule has 0 saturated heterocycles. The molecule has 122 valence electrons. The number of carboxylic acids is 1. The minimum absolute atomic E-state index is 0.0256. The van der Waals surface area contributed by atoms with Gasteiger partial charge in [-0.15, -0.1) is 0 Å². The van der Waals surface area contributed by atoms with Crippen LogP contribution in [0.3, 0.4) is 0 Å². The van der Waals surface area contributed by atoms with Crippen LogP contribution < -0.4 is 10.1 Å². The van der Waals surface area contributed by atoms with E-state index >= 15 is 0 Å². The molecule has 2 N–H and O–H groups in total. The number of anilines is 1. The van der Waals surface area contributed by atoms with Crippen LogP contribution in [0.4, 0.5) is 5.82 Å². The highest BCUT2D eigenvalue weighted by Gasteiger charge is 2.37. The molecule has 0 bridgehead atoms. The average Bonchev–Trinajstić information content (AvgIpc) is 2.84. The van der Waals surface area contributed by atoms with Gasteiger partial charge in [0.2, 0.25) is 0 Å². The van der Waals surface area contributed by atoms with Crippen LogP contribution in [0.5, 0.6) is 5.75 Å². The van der Waals surface area contributed by atoms with Gasteiger partial charge in [0.1, 0.15) is 17.1 Å². The first-order valence-corrected chi connectivity index (χ1v) is 7.57. The Morgan fingerprint density at radius 2 is 2.04 bits per heavy atom. The zero-order valence-corrected chi connectivity index (χ0v) is 13.8. The van der Waals surface area contributed by atoms with Crippen molar-refractivity contribution in [3.8, 4) is 5.75 Å². The second kappa shape index (κ2) is 5.30. The van der Waals surface area contributed by atoms with Crippen molar-refractivity contribution in [2.45, 2.75) is 38.8 Å². The molecule has 0 aliphatic carbocycles. The summed E-state index contributed by atoms with van der Waals surface area (Å²) in [6.07, 6.45) is 0.812. The molecule has 0 radical (unpaired) electrons. The second-order valence-electron chi connectivity index (χ2n) is 6.51. The van der Waals surface area contributed by atoms with Gasteiger partial charge in [0.15, 0.2) is 0 Å². The van der Waals surface area contributed by atoms with Crippen LogP contribution in [0.15, 0.2) is 24.3 Å². The van der Waals surface area contributed by atoms with E-state index in [4.69, 9.17) is 4.74 Å². The summed E-state index contributed by atoms with van der Waals surface area (Å²) < 4.78 is 6.99. The van der Waals surface area contributed by atoms with Gasteiger partial charge in [-0.1, -0.05) is 12.1 Å². The zero-order chi connectivity index (χ0) is 16.8. The lowest BCUT2D eigenvalue weighted by atomic mass is 9.89. The number of carboxylic acid groups (broad SMARTS) is 1. The molecule has 2 heterocycles. The molecule has 23 heavy (non-hydrogen) atoms. The first kappa shape index (κ1) is 15.4. The quantitative estimate of drug-likeness (QED) is 0.909. The van der Waals surface area contributed by atoms with E-state index in [1.807, 2.05) is 24.3 Å². The number of aromatic nitrogens is 2. The van der Waals surface area contributed by atoms with Gasteiger partial charge in [-0.3, -0.25) is 0 Å². The van der Waals surface area contributed by atoms with Crippen LogP contribution in [0.25, 0.3) is 0 Å². The number of hydrogen-bond acceptors (Lipinski definition) is 4. The van der Waals surface area contributed by atoms with Gasteiger partial charge in [-0.05, 0) is 44.9 Å². The highest BCUT2D eigenvalue weighted by atomic mass is 16.5. The smallest absolute Gasteiger partial charge is 0.341 e. The lowest BCUT2D eigenvalue weighted by Crippen LogP contribution is -2.38. The van der Waals surface area contributed by atoms with Crippen molar-refractivity contribution in [2.75, 3.05) is 12.4 Å². The molecule has 2 aromatic rings. The van der Waals surface area contributed by atoms with Crippen molar-refractivity contribution in [2.24, 2.45) is 0 Å². The molecule has 0 saturated carbocycles. The van der Waals surface area contributed by atoms with Crippen molar-refractivity contribution in [1.82, 2.24) is 9.78 Å². The third kappa shape index (κ3) is 2.54. The Morgan fingerprint density at radius 1 is 1.39 bits per heavy atom. The summed E-state index contributed by atoms with van der Waals surface area (Å²) in [6, 6.07) is 7.87. The fraction of sp³-hybridized carbons (Fsp3) is 0.412. The number of hydrogen-bond donors (Lipinski definition) is 2. The molecule has 1 aliphatic rings. The third-order valence-corrected chi connectivity index (χ3v) is 4.38. The van der Waals surface area contributed by atoms with E-state index in [1.165, 1.54) is 0 Å². The van der Waals surface area contributed by atoms with E-state index in [0.717, 1.165) is 17.7 Å². The second-order valence-corrected chi connectivity index (χ2v) is 6.51. The van der Waals surface area contributed by atoms with Crippen molar-refractivity contribution < 1.29 is 14.6 Å². The number of nitrogens with one attached hydrogen (secondary N) is 1. The fourth-order valence-electron chi connectivity index (χ4n) is 3.19. The molecule has 6 nitrogen and oxygen atoms in total. The number of ether oxygens (including phenoxy) is 1. The maximum atomic E-state index is 11.6. The van der Waals surface area contributed by atoms with E-state index < -0.39 is 5.97 Å². The minimum atomic E-state index is -0.956. The molecular formula is C17H21N3O3. The fourth-order valence-corrected chi connectivity index (χ4v) is 3.19. The van der Waals surface area contributed by atoms with Gasteiger partial charge in [-0.25, -0.2) is 9.48 Å². The minimum Gasteiger partial charge on any atom is -0.497 e. The summed E-state index contributed by atoms with van der Waals surface area (Å²) >= 11 is 0. The Balaban J connectivity index is 2.03. The van der Waals surface area contributed by atoms with E-state index in [0.29, 0.717) is 11.5 Å². The topological polar surface area (TPSA) is 76.4 Å². The molecular weight excluding hydrogens is 294 g/mol. The van der Waals surface area contributed by atoms with Gasteiger partial charge < -0.3 is 15.2 Å². The highest BCUT2D eigenvalue weighted by molar-refractivity contribution is 5.94. The Hall–Kier alpha value is -2.50. The molecule has 6 heteroatoms. The number of aromatic carboxylic acids is 1. The molecule has 0 fully saturated rings. The summed E-state index contributed by atoms with van der Waals surface area (Å²) in [7, 11) is 1.64. The van der Waals surface area contributed by atoms with Crippen LogP contribution in [0, 0.1) is 6.92 Å². The van der Waals surface area contributed by atoms with Gasteiger partial charge in [0, 0.05) is 0 Å². The third-order valence-electron chi connectivity index (χ3n) is 4.38. The molecule has 0 amide bonds. The summed E-state index contributed by atoms with van der Waals surface area (Å²) in [5.41, 5.74) is 1.60. The molecule has 1 atom stereocenters. The Kier molecular flexibility index (Phi) is 3.55. The summed E-state index contributed by atoms with van der Waals surface area (Å²) in [5.74, 6) is 0.422. The number of carbonyl (C=O) groups is 1. The van der Waals surface area contributed by atoms with Crippen LogP contribution in [-0.2, 0) is 5.54 Å². The standard InChI is InChI=1S/C17H21N3O3/c1-10-14(16(21)22)15-18-13(9-17(2,3)20(15)19-10)11-5-7-12(23-4)8-6-11/h5-8,13,18H,9H2,1-4H3,(H,21,22). The van der Waals surface area contributed by atoms with Crippen molar-refractivity contribution in [3.05, 3.63) is 41.1 Å². The van der Waals surface area contributed by atoms with Crippen LogP contribution in [0.1, 0.15) is 47.9 Å². The van der Waals surface area contributed by atoms with Crippen molar-refractivity contribution >= 4 is 11.8 Å². The van der Waals surface area contributed by atoms with Crippen LogP contribution in [0.2, 0.25) is 0 Å². The van der Waals surface area contributed by atoms with E-state index in [9.17, 15) is 9.90 Å². The Labute approximate surface area is 135 Å². The van der Waals surface area contributed by atoms with Crippen molar-refractivity contribution in [3.63, 3.8) is 0 Å². The maximum absolute atomic E-state index is 11.6. The molecule has 3 rings (SSSR count). The number of benzene rings is 1. The van der Waals surface area contributed by atoms with Gasteiger partial charge in [0.25, 0.3) is 0 Å². The monoisotopic (exact) mass is 315 g/mol. The average molecular weight is 315 g/mol. The number of methoxy groups -OCH3 is 1. The maximum Gasteiger partial charge on any atom is 0.341 e. The molecule has 1 aromatic carbocycles. The van der Waals surface area contributed by atoms with Crippen LogP contribution >= 0.6 is 0 Å². The van der Waals surface area contributed by atoms with Crippen molar-refractivity contribution in [1.29, 1.82) is 0 Å². The number of rotatable bonds is 3. The Morgan fingerprint density at radius 3 is 2.61 bits per heavy atom. The lowest BCUT2D eigenvalue weighted by Gasteiger charge is -2.38. The Bertz CT molecular complexity index is 747. The van der Waals surface area contributed by atoms with Gasteiger partial charge in [-0.2, -0.15) is 5.10 Å². The summed E-state index contributed by atoms with van der Waals surface area (Å²) in [6.45, 7) is 5.88.